The maximum Gasteiger partial charge on any atom is 0.410 e. The Morgan fingerprint density at radius 3 is 2.95 bits per heavy atom. The van der Waals surface area contributed by atoms with Crippen LogP contribution in [0.1, 0.15) is 38.6 Å². The van der Waals surface area contributed by atoms with Crippen molar-refractivity contribution in [3.05, 3.63) is 17.5 Å². The van der Waals surface area contributed by atoms with Crippen LogP contribution < -0.4 is 5.32 Å². The highest BCUT2D eigenvalue weighted by molar-refractivity contribution is 5.68. The normalized spacial score (nSPS) is 19.4. The summed E-state index contributed by atoms with van der Waals surface area (Å²) in [5.41, 5.74) is 0.444. The van der Waals surface area contributed by atoms with E-state index in [0.29, 0.717) is 13.1 Å². The summed E-state index contributed by atoms with van der Waals surface area (Å²) < 4.78 is 10.4. The fraction of sp³-hybridized carbons (Fsp3) is 0.714. The van der Waals surface area contributed by atoms with Gasteiger partial charge in [-0.15, -0.1) is 0 Å². The average molecular weight is 281 g/mol. The Kier molecular flexibility index (Phi) is 4.32. The SMILES string of the molecule is Cc1cc(CNC2CCN(C(=O)OC(C)(C)C)C2)no1. The molecule has 0 aromatic carbocycles. The third-order valence-corrected chi connectivity index (χ3v) is 3.09. The molecule has 0 spiro atoms. The molecule has 1 aromatic heterocycles. The van der Waals surface area contributed by atoms with E-state index in [9.17, 15) is 4.79 Å². The molecular formula is C14H23N3O3. The Hall–Kier alpha value is -1.56. The maximum absolute atomic E-state index is 11.9. The van der Waals surface area contributed by atoms with Crippen LogP contribution in [0.15, 0.2) is 10.6 Å². The highest BCUT2D eigenvalue weighted by Crippen LogP contribution is 2.15. The molecule has 2 rings (SSSR count). The van der Waals surface area contributed by atoms with E-state index in [0.717, 1.165) is 24.4 Å². The Bertz CT molecular complexity index is 464. The van der Waals surface area contributed by atoms with E-state index >= 15 is 0 Å². The molecule has 6 nitrogen and oxygen atoms in total. The van der Waals surface area contributed by atoms with Crippen molar-refractivity contribution in [2.24, 2.45) is 0 Å². The maximum atomic E-state index is 11.9. The zero-order valence-electron chi connectivity index (χ0n) is 12.6. The molecule has 1 unspecified atom stereocenters. The number of hydrogen-bond donors (Lipinski definition) is 1. The second kappa shape index (κ2) is 5.83. The molecule has 20 heavy (non-hydrogen) atoms. The van der Waals surface area contributed by atoms with Crippen molar-refractivity contribution in [1.29, 1.82) is 0 Å². The smallest absolute Gasteiger partial charge is 0.410 e. The van der Waals surface area contributed by atoms with Crippen molar-refractivity contribution in [3.63, 3.8) is 0 Å². The number of hydrogen-bond acceptors (Lipinski definition) is 5. The fourth-order valence-electron chi connectivity index (χ4n) is 2.17. The third-order valence-electron chi connectivity index (χ3n) is 3.09. The zero-order chi connectivity index (χ0) is 14.8. The molecule has 2 heterocycles. The van der Waals surface area contributed by atoms with Crippen LogP contribution in [0.3, 0.4) is 0 Å². The first-order chi connectivity index (χ1) is 9.33. The summed E-state index contributed by atoms with van der Waals surface area (Å²) in [6.07, 6.45) is 0.690. The van der Waals surface area contributed by atoms with Crippen LogP contribution in [0.25, 0.3) is 0 Å². The largest absolute Gasteiger partial charge is 0.444 e. The summed E-state index contributed by atoms with van der Waals surface area (Å²) in [4.78, 5) is 13.7. The van der Waals surface area contributed by atoms with Gasteiger partial charge < -0.3 is 19.5 Å². The quantitative estimate of drug-likeness (QED) is 0.918. The van der Waals surface area contributed by atoms with Gasteiger partial charge in [0.2, 0.25) is 0 Å². The number of aryl methyl sites for hydroxylation is 1. The van der Waals surface area contributed by atoms with Crippen molar-refractivity contribution in [3.8, 4) is 0 Å². The molecule has 0 bridgehead atoms. The number of aromatic nitrogens is 1. The van der Waals surface area contributed by atoms with E-state index in [-0.39, 0.29) is 12.1 Å². The molecule has 0 radical (unpaired) electrons. The van der Waals surface area contributed by atoms with E-state index in [2.05, 4.69) is 10.5 Å². The number of carbonyl (C=O) groups excluding carboxylic acids is 1. The summed E-state index contributed by atoms with van der Waals surface area (Å²) >= 11 is 0. The zero-order valence-corrected chi connectivity index (χ0v) is 12.6. The molecule has 0 aliphatic carbocycles. The van der Waals surface area contributed by atoms with Gasteiger partial charge in [0, 0.05) is 31.7 Å². The van der Waals surface area contributed by atoms with Gasteiger partial charge in [0.05, 0.1) is 5.69 Å². The van der Waals surface area contributed by atoms with Gasteiger partial charge in [0.15, 0.2) is 0 Å². The lowest BCUT2D eigenvalue weighted by atomic mass is 10.2. The lowest BCUT2D eigenvalue weighted by molar-refractivity contribution is 0.0291. The topological polar surface area (TPSA) is 67.6 Å². The van der Waals surface area contributed by atoms with Crippen molar-refractivity contribution in [2.75, 3.05) is 13.1 Å². The van der Waals surface area contributed by atoms with Crippen LogP contribution >= 0.6 is 0 Å². The summed E-state index contributed by atoms with van der Waals surface area (Å²) in [6.45, 7) is 9.56. The first-order valence-corrected chi connectivity index (χ1v) is 6.97. The minimum absolute atomic E-state index is 0.237. The van der Waals surface area contributed by atoms with Crippen molar-refractivity contribution in [2.45, 2.75) is 52.3 Å². The summed E-state index contributed by atoms with van der Waals surface area (Å²) in [7, 11) is 0. The first-order valence-electron chi connectivity index (χ1n) is 6.97. The number of ether oxygens (including phenoxy) is 1. The third kappa shape index (κ3) is 4.23. The standard InChI is InChI=1S/C14H23N3O3/c1-10-7-12(16-20-10)8-15-11-5-6-17(9-11)13(18)19-14(2,3)4/h7,11,15H,5-6,8-9H2,1-4H3. The number of likely N-dealkylation sites (tertiary alicyclic amines) is 1. The fourth-order valence-corrected chi connectivity index (χ4v) is 2.17. The molecular weight excluding hydrogens is 258 g/mol. The van der Waals surface area contributed by atoms with E-state index in [4.69, 9.17) is 9.26 Å². The number of carbonyl (C=O) groups is 1. The van der Waals surface area contributed by atoms with Gasteiger partial charge in [-0.1, -0.05) is 5.16 Å². The van der Waals surface area contributed by atoms with Crippen LogP contribution in [0.5, 0.6) is 0 Å². The first kappa shape index (κ1) is 14.8. The number of nitrogens with one attached hydrogen (secondary N) is 1. The molecule has 1 fully saturated rings. The summed E-state index contributed by atoms with van der Waals surface area (Å²) in [5, 5.41) is 7.32. The molecule has 1 aromatic rings. The Morgan fingerprint density at radius 2 is 2.35 bits per heavy atom. The van der Waals surface area contributed by atoms with Crippen LogP contribution in [-0.4, -0.2) is 40.9 Å². The summed E-state index contributed by atoms with van der Waals surface area (Å²) in [5.74, 6) is 0.809. The van der Waals surface area contributed by atoms with Gasteiger partial charge in [-0.3, -0.25) is 0 Å². The molecule has 6 heteroatoms. The van der Waals surface area contributed by atoms with Crippen molar-refractivity contribution >= 4 is 6.09 Å². The average Bonchev–Trinajstić information content (AvgIpc) is 2.93. The second-order valence-electron chi connectivity index (χ2n) is 6.22. The summed E-state index contributed by atoms with van der Waals surface area (Å²) in [6, 6.07) is 2.19. The molecule has 0 saturated carbocycles. The second-order valence-corrected chi connectivity index (χ2v) is 6.22. The molecule has 1 N–H and O–H groups in total. The minimum atomic E-state index is -0.444. The van der Waals surface area contributed by atoms with E-state index in [1.54, 1.807) is 4.90 Å². The van der Waals surface area contributed by atoms with Gasteiger partial charge >= 0.3 is 6.09 Å². The van der Waals surface area contributed by atoms with Crippen molar-refractivity contribution in [1.82, 2.24) is 15.4 Å². The molecule has 1 aliphatic rings. The Morgan fingerprint density at radius 1 is 1.60 bits per heavy atom. The van der Waals surface area contributed by atoms with Crippen LogP contribution in [0.2, 0.25) is 0 Å². The predicted octanol–water partition coefficient (Wildman–Crippen LogP) is 2.08. The molecule has 1 atom stereocenters. The predicted molar refractivity (Wildman–Crippen MR) is 74.3 cm³/mol. The Labute approximate surface area is 119 Å². The van der Waals surface area contributed by atoms with E-state index in [1.807, 2.05) is 33.8 Å². The molecule has 112 valence electrons. The Balaban J connectivity index is 1.76. The number of rotatable bonds is 3. The van der Waals surface area contributed by atoms with Crippen LogP contribution in [0.4, 0.5) is 4.79 Å². The molecule has 1 saturated heterocycles. The highest BCUT2D eigenvalue weighted by Gasteiger charge is 2.29. The van der Waals surface area contributed by atoms with Gasteiger partial charge in [-0.05, 0) is 34.1 Å². The molecule has 1 aliphatic heterocycles. The highest BCUT2D eigenvalue weighted by atomic mass is 16.6. The van der Waals surface area contributed by atoms with E-state index < -0.39 is 5.60 Å². The number of amides is 1. The van der Waals surface area contributed by atoms with Crippen LogP contribution in [-0.2, 0) is 11.3 Å². The van der Waals surface area contributed by atoms with Gasteiger partial charge in [-0.2, -0.15) is 0 Å². The lowest BCUT2D eigenvalue weighted by Gasteiger charge is -2.24. The van der Waals surface area contributed by atoms with Gasteiger partial charge in [0.25, 0.3) is 0 Å². The van der Waals surface area contributed by atoms with Crippen molar-refractivity contribution < 1.29 is 14.1 Å². The van der Waals surface area contributed by atoms with Gasteiger partial charge in [0.1, 0.15) is 11.4 Å². The lowest BCUT2D eigenvalue weighted by Crippen LogP contribution is -2.38. The minimum Gasteiger partial charge on any atom is -0.444 e. The van der Waals surface area contributed by atoms with Crippen LogP contribution in [0, 0.1) is 6.92 Å². The van der Waals surface area contributed by atoms with E-state index in [1.165, 1.54) is 0 Å². The van der Waals surface area contributed by atoms with Gasteiger partial charge in [-0.25, -0.2) is 4.79 Å². The molecule has 1 amide bonds. The number of nitrogens with zero attached hydrogens (tertiary/aromatic N) is 2. The monoisotopic (exact) mass is 281 g/mol.